The van der Waals surface area contributed by atoms with Gasteiger partial charge in [-0.2, -0.15) is 0 Å². The maximum Gasteiger partial charge on any atom is 0.434 e. The highest BCUT2D eigenvalue weighted by Crippen LogP contribution is 2.68. The molecule has 0 atom stereocenters. The Morgan fingerprint density at radius 1 is 1.43 bits per heavy atom. The quantitative estimate of drug-likeness (QED) is 0.577. The van der Waals surface area contributed by atoms with Crippen LogP contribution in [0.4, 0.5) is 0 Å². The van der Waals surface area contributed by atoms with Crippen LogP contribution in [0.25, 0.3) is 0 Å². The van der Waals surface area contributed by atoms with Crippen molar-refractivity contribution in [2.45, 2.75) is 37.8 Å². The number of rotatable bonds is 7. The van der Waals surface area contributed by atoms with Gasteiger partial charge in [0.2, 0.25) is 17.7 Å². The third-order valence-corrected chi connectivity index (χ3v) is 4.04. The van der Waals surface area contributed by atoms with Crippen molar-refractivity contribution in [3.63, 3.8) is 0 Å². The smallest absolute Gasteiger partial charge is 0.390 e. The van der Waals surface area contributed by atoms with Crippen LogP contribution < -0.4 is 16.8 Å². The highest BCUT2D eigenvalue weighted by Gasteiger charge is 2.68. The number of carbonyl (C=O) groups excluding carboxylic acids is 2. The van der Waals surface area contributed by atoms with E-state index in [0.29, 0.717) is 6.42 Å². The average Bonchev–Trinajstić information content (AvgIpc) is 2.70. The van der Waals surface area contributed by atoms with Crippen LogP contribution >= 0.6 is 0 Å². The van der Waals surface area contributed by atoms with Gasteiger partial charge in [0.15, 0.2) is 0 Å². The van der Waals surface area contributed by atoms with E-state index in [9.17, 15) is 14.4 Å². The highest BCUT2D eigenvalue weighted by molar-refractivity contribution is 5.79. The molecule has 0 aromatic carbocycles. The minimum atomic E-state index is -0.660. The molecule has 2 bridgehead atoms. The minimum Gasteiger partial charge on any atom is -0.390 e. The van der Waals surface area contributed by atoms with Crippen LogP contribution in [-0.4, -0.2) is 34.2 Å². The maximum absolute atomic E-state index is 11.7. The van der Waals surface area contributed by atoms with Crippen LogP contribution in [0.3, 0.4) is 0 Å². The lowest BCUT2D eigenvalue weighted by Crippen LogP contribution is -2.75. The summed E-state index contributed by atoms with van der Waals surface area (Å²) in [6.45, 7) is -0.189. The Morgan fingerprint density at radius 2 is 2.14 bits per heavy atom. The summed E-state index contributed by atoms with van der Waals surface area (Å²) >= 11 is 0. The van der Waals surface area contributed by atoms with Crippen molar-refractivity contribution >= 4 is 11.8 Å². The molecule has 0 aliphatic heterocycles. The van der Waals surface area contributed by atoms with Crippen molar-refractivity contribution in [2.24, 2.45) is 11.1 Å². The maximum atomic E-state index is 11.7. The van der Waals surface area contributed by atoms with E-state index in [2.05, 4.69) is 19.9 Å². The Morgan fingerprint density at radius 3 is 2.71 bits per heavy atom. The van der Waals surface area contributed by atoms with Crippen molar-refractivity contribution in [1.29, 1.82) is 0 Å². The van der Waals surface area contributed by atoms with Gasteiger partial charge in [-0.1, -0.05) is 0 Å². The molecule has 0 radical (unpaired) electrons. The fourth-order valence-corrected chi connectivity index (χ4v) is 3.57. The van der Waals surface area contributed by atoms with Crippen LogP contribution in [0.15, 0.2) is 9.21 Å². The van der Waals surface area contributed by atoms with Gasteiger partial charge in [-0.3, -0.25) is 9.59 Å². The third kappa shape index (κ3) is 2.68. The van der Waals surface area contributed by atoms with E-state index in [4.69, 9.17) is 10.5 Å². The fourth-order valence-electron chi connectivity index (χ4n) is 3.57. The third-order valence-electron chi connectivity index (χ3n) is 4.04. The van der Waals surface area contributed by atoms with E-state index in [1.807, 2.05) is 0 Å². The van der Waals surface area contributed by atoms with E-state index in [1.54, 1.807) is 0 Å². The van der Waals surface area contributed by atoms with Crippen molar-refractivity contribution in [3.8, 4) is 0 Å². The van der Waals surface area contributed by atoms with Crippen molar-refractivity contribution in [3.05, 3.63) is 16.4 Å². The van der Waals surface area contributed by atoms with Gasteiger partial charge in [-0.05, 0) is 24.7 Å². The van der Waals surface area contributed by atoms with Crippen LogP contribution in [0.2, 0.25) is 0 Å². The fraction of sp³-hybridized carbons (Fsp3) is 0.667. The Hall–Kier alpha value is -2.16. The zero-order chi connectivity index (χ0) is 15.1. The first-order valence-corrected chi connectivity index (χ1v) is 6.62. The molecule has 1 aromatic rings. The molecule has 1 aromatic heterocycles. The molecule has 2 amide bonds. The van der Waals surface area contributed by atoms with E-state index >= 15 is 0 Å². The van der Waals surface area contributed by atoms with Crippen LogP contribution in [0.1, 0.15) is 31.6 Å². The normalized spacial score (nSPS) is 29.3. The summed E-state index contributed by atoms with van der Waals surface area (Å²) in [5.74, 6) is -1.09. The summed E-state index contributed by atoms with van der Waals surface area (Å²) in [5.41, 5.74) is 5.02. The van der Waals surface area contributed by atoms with E-state index < -0.39 is 5.76 Å². The number of aromatic nitrogens is 2. The molecule has 9 nitrogen and oxygen atoms in total. The number of H-pyrrole nitrogens is 1. The number of aromatic amines is 1. The second kappa shape index (κ2) is 4.69. The van der Waals surface area contributed by atoms with Crippen LogP contribution in [0.5, 0.6) is 0 Å². The summed E-state index contributed by atoms with van der Waals surface area (Å²) in [6.07, 6.45) is 2.77. The van der Waals surface area contributed by atoms with Gasteiger partial charge in [-0.25, -0.2) is 9.89 Å². The minimum absolute atomic E-state index is 0.0123. The summed E-state index contributed by atoms with van der Waals surface area (Å²) in [7, 11) is 0. The van der Waals surface area contributed by atoms with Gasteiger partial charge >= 0.3 is 5.76 Å². The Labute approximate surface area is 119 Å². The molecule has 3 aliphatic rings. The Balaban J connectivity index is 1.37. The summed E-state index contributed by atoms with van der Waals surface area (Å²) < 4.78 is 9.75. The molecule has 0 spiro atoms. The molecule has 0 unspecified atom stereocenters. The molecule has 1 heterocycles. The summed E-state index contributed by atoms with van der Waals surface area (Å²) in [6, 6.07) is 0. The number of primary amides is 1. The number of nitrogens with one attached hydrogen (secondary N) is 2. The standard InChI is InChI=1S/C12H16N4O5/c13-7(17)1-11-4-12(5-11,6-11)14-8(18)2-20-3-9-15-16-10(19)21-9/h1-6H2,(H2,13,17)(H,14,18)(H,16,19). The summed E-state index contributed by atoms with van der Waals surface area (Å²) in [4.78, 5) is 33.3. The zero-order valence-electron chi connectivity index (χ0n) is 11.3. The van der Waals surface area contributed by atoms with Crippen LogP contribution in [-0.2, 0) is 20.9 Å². The molecule has 3 fully saturated rings. The lowest BCUT2D eigenvalue weighted by atomic mass is 9.38. The molecule has 114 valence electrons. The molecule has 0 saturated heterocycles. The second-order valence-electron chi connectivity index (χ2n) is 6.00. The van der Waals surface area contributed by atoms with E-state index in [0.717, 1.165) is 19.3 Å². The van der Waals surface area contributed by atoms with Gasteiger partial charge in [0.25, 0.3) is 0 Å². The lowest BCUT2D eigenvalue weighted by molar-refractivity contribution is -0.173. The number of nitrogens with two attached hydrogens (primary N) is 1. The van der Waals surface area contributed by atoms with Gasteiger partial charge < -0.3 is 20.2 Å². The molecule has 4 rings (SSSR count). The van der Waals surface area contributed by atoms with Crippen molar-refractivity contribution in [2.75, 3.05) is 6.61 Å². The first-order valence-electron chi connectivity index (χ1n) is 6.62. The zero-order valence-corrected chi connectivity index (χ0v) is 11.3. The second-order valence-corrected chi connectivity index (χ2v) is 6.00. The number of hydrogen-bond acceptors (Lipinski definition) is 6. The Kier molecular flexibility index (Phi) is 3.08. The SMILES string of the molecule is NC(=O)CC12CC(NC(=O)COCc3n[nH]c(=O)o3)(C1)C2. The predicted molar refractivity (Wildman–Crippen MR) is 67.7 cm³/mol. The van der Waals surface area contributed by atoms with Gasteiger partial charge in [0.1, 0.15) is 13.2 Å². The largest absolute Gasteiger partial charge is 0.434 e. The van der Waals surface area contributed by atoms with Gasteiger partial charge in [0.05, 0.1) is 0 Å². The van der Waals surface area contributed by atoms with E-state index in [-0.39, 0.29) is 41.9 Å². The number of amides is 2. The molecule has 3 aliphatic carbocycles. The molecule has 4 N–H and O–H groups in total. The first-order chi connectivity index (χ1) is 9.90. The monoisotopic (exact) mass is 296 g/mol. The van der Waals surface area contributed by atoms with Crippen molar-refractivity contribution < 1.29 is 18.7 Å². The molecular formula is C12H16N4O5. The topological polar surface area (TPSA) is 140 Å². The first kappa shape index (κ1) is 13.8. The Bertz CT molecular complexity index is 614. The van der Waals surface area contributed by atoms with Gasteiger partial charge in [-0.15, -0.1) is 5.10 Å². The van der Waals surface area contributed by atoms with Gasteiger partial charge in [0, 0.05) is 12.0 Å². The molecule has 21 heavy (non-hydrogen) atoms. The lowest BCUT2D eigenvalue weighted by Gasteiger charge is -2.70. The average molecular weight is 296 g/mol. The number of carbonyl (C=O) groups is 2. The summed E-state index contributed by atoms with van der Waals surface area (Å²) in [5, 5.41) is 8.56. The number of hydrogen-bond donors (Lipinski definition) is 3. The molecular weight excluding hydrogens is 280 g/mol. The molecule has 3 saturated carbocycles. The predicted octanol–water partition coefficient (Wildman–Crippen LogP) is -1.21. The van der Waals surface area contributed by atoms with E-state index in [1.165, 1.54) is 0 Å². The van der Waals surface area contributed by atoms with Crippen LogP contribution in [0, 0.1) is 5.41 Å². The number of nitrogens with zero attached hydrogens (tertiary/aromatic N) is 1. The van der Waals surface area contributed by atoms with Crippen molar-refractivity contribution in [1.82, 2.24) is 15.5 Å². The molecule has 9 heteroatoms. The highest BCUT2D eigenvalue weighted by atomic mass is 16.5. The number of ether oxygens (including phenoxy) is 1.